The summed E-state index contributed by atoms with van der Waals surface area (Å²) in [6, 6.07) is 7.57. The number of hydrogen-bond donors (Lipinski definition) is 1. The molecule has 1 atom stereocenters. The first-order valence-electron chi connectivity index (χ1n) is 5.82. The van der Waals surface area contributed by atoms with E-state index in [1.54, 1.807) is 4.90 Å². The van der Waals surface area contributed by atoms with Gasteiger partial charge in [0, 0.05) is 30.6 Å². The molecule has 4 heteroatoms. The number of carbonyl (C=O) groups is 1. The third-order valence-corrected chi connectivity index (χ3v) is 3.16. The van der Waals surface area contributed by atoms with Crippen LogP contribution in [0.4, 0.5) is 0 Å². The summed E-state index contributed by atoms with van der Waals surface area (Å²) >= 11 is 6.08. The largest absolute Gasteiger partial charge is 0.338 e. The molecule has 1 aromatic rings. The lowest BCUT2D eigenvalue weighted by Gasteiger charge is -2.24. The Morgan fingerprint density at radius 2 is 2.12 bits per heavy atom. The second-order valence-corrected chi connectivity index (χ2v) is 4.49. The maximum absolute atomic E-state index is 12.0. The van der Waals surface area contributed by atoms with Crippen LogP contribution in [0.15, 0.2) is 24.3 Å². The van der Waals surface area contributed by atoms with Gasteiger partial charge in [0.1, 0.15) is 0 Å². The molecule has 3 nitrogen and oxygen atoms in total. The number of amides is 1. The number of carbonyl (C=O) groups excluding carboxylic acids is 1. The molecular formula is C13H19ClN2O. The van der Waals surface area contributed by atoms with Crippen molar-refractivity contribution in [2.45, 2.75) is 20.4 Å². The fourth-order valence-corrected chi connectivity index (χ4v) is 1.79. The molecule has 94 valence electrons. The molecule has 0 aliphatic heterocycles. The summed E-state index contributed by atoms with van der Waals surface area (Å²) in [5, 5.41) is 0.694. The first-order valence-corrected chi connectivity index (χ1v) is 6.20. The molecule has 1 rings (SSSR count). The third-order valence-electron chi connectivity index (χ3n) is 2.79. The molecule has 0 bridgehead atoms. The van der Waals surface area contributed by atoms with Gasteiger partial charge in [0.25, 0.3) is 0 Å². The van der Waals surface area contributed by atoms with E-state index >= 15 is 0 Å². The number of nitrogens with zero attached hydrogens (tertiary/aromatic N) is 1. The Bertz CT molecular complexity index is 381. The summed E-state index contributed by atoms with van der Waals surface area (Å²) in [6.45, 7) is 5.38. The van der Waals surface area contributed by atoms with Gasteiger partial charge in [-0.1, -0.05) is 36.7 Å². The summed E-state index contributed by atoms with van der Waals surface area (Å²) in [5.41, 5.74) is 6.48. The Morgan fingerprint density at radius 1 is 1.47 bits per heavy atom. The zero-order valence-corrected chi connectivity index (χ0v) is 11.1. The van der Waals surface area contributed by atoms with Crippen molar-refractivity contribution >= 4 is 17.5 Å². The Balaban J connectivity index is 2.77. The fourth-order valence-electron chi connectivity index (χ4n) is 1.59. The average Bonchev–Trinajstić information content (AvgIpc) is 2.36. The monoisotopic (exact) mass is 254 g/mol. The van der Waals surface area contributed by atoms with Crippen LogP contribution >= 0.6 is 11.6 Å². The summed E-state index contributed by atoms with van der Waals surface area (Å²) in [6.07, 6.45) is 0. The van der Waals surface area contributed by atoms with E-state index in [0.29, 0.717) is 24.7 Å². The third kappa shape index (κ3) is 3.72. The maximum atomic E-state index is 12.0. The predicted molar refractivity (Wildman–Crippen MR) is 70.8 cm³/mol. The van der Waals surface area contributed by atoms with Crippen molar-refractivity contribution in [2.75, 3.05) is 13.1 Å². The lowest BCUT2D eigenvalue weighted by molar-refractivity contribution is -0.135. The molecule has 0 aliphatic rings. The number of halogens is 1. The first kappa shape index (κ1) is 14.0. The van der Waals surface area contributed by atoms with Crippen LogP contribution in [0, 0.1) is 5.92 Å². The zero-order chi connectivity index (χ0) is 12.8. The lowest BCUT2D eigenvalue weighted by atomic mass is 10.1. The minimum atomic E-state index is -0.141. The van der Waals surface area contributed by atoms with Gasteiger partial charge in [-0.3, -0.25) is 4.79 Å². The molecule has 1 aromatic carbocycles. The fraction of sp³-hybridized carbons (Fsp3) is 0.462. The van der Waals surface area contributed by atoms with Crippen LogP contribution in [0.1, 0.15) is 19.4 Å². The van der Waals surface area contributed by atoms with Crippen molar-refractivity contribution in [3.05, 3.63) is 34.9 Å². The van der Waals surface area contributed by atoms with Crippen LogP contribution in [0.25, 0.3) is 0 Å². The molecule has 2 N–H and O–H groups in total. The highest BCUT2D eigenvalue weighted by Crippen LogP contribution is 2.17. The van der Waals surface area contributed by atoms with E-state index in [2.05, 4.69) is 0 Å². The smallest absolute Gasteiger partial charge is 0.226 e. The highest BCUT2D eigenvalue weighted by atomic mass is 35.5. The molecule has 0 heterocycles. The van der Waals surface area contributed by atoms with Gasteiger partial charge in [-0.15, -0.1) is 0 Å². The minimum absolute atomic E-state index is 0.0786. The van der Waals surface area contributed by atoms with Gasteiger partial charge in [0.2, 0.25) is 5.91 Å². The van der Waals surface area contributed by atoms with Gasteiger partial charge >= 0.3 is 0 Å². The molecule has 1 unspecified atom stereocenters. The number of nitrogens with two attached hydrogens (primary N) is 1. The molecule has 0 spiro atoms. The molecular weight excluding hydrogens is 236 g/mol. The number of rotatable bonds is 5. The predicted octanol–water partition coefficient (Wildman–Crippen LogP) is 2.28. The second-order valence-electron chi connectivity index (χ2n) is 4.08. The molecule has 0 saturated carbocycles. The number of hydrogen-bond acceptors (Lipinski definition) is 2. The van der Waals surface area contributed by atoms with Crippen molar-refractivity contribution in [3.8, 4) is 0 Å². The Labute approximate surface area is 108 Å². The number of benzene rings is 1. The van der Waals surface area contributed by atoms with E-state index in [9.17, 15) is 4.79 Å². The molecule has 0 aromatic heterocycles. The van der Waals surface area contributed by atoms with Gasteiger partial charge in [-0.2, -0.15) is 0 Å². The summed E-state index contributed by atoms with van der Waals surface area (Å²) in [4.78, 5) is 13.8. The molecule has 1 amide bonds. The van der Waals surface area contributed by atoms with Crippen LogP contribution in [0.2, 0.25) is 5.02 Å². The summed E-state index contributed by atoms with van der Waals surface area (Å²) in [7, 11) is 0. The SMILES string of the molecule is CCN(Cc1ccccc1Cl)C(=O)C(C)CN. The quantitative estimate of drug-likeness (QED) is 0.876. The molecule has 17 heavy (non-hydrogen) atoms. The van der Waals surface area contributed by atoms with Crippen molar-refractivity contribution < 1.29 is 4.79 Å². The second kappa shape index (κ2) is 6.62. The zero-order valence-electron chi connectivity index (χ0n) is 10.3. The molecule has 0 saturated heterocycles. The Morgan fingerprint density at radius 3 is 2.65 bits per heavy atom. The van der Waals surface area contributed by atoms with Crippen LogP contribution < -0.4 is 5.73 Å². The summed E-state index contributed by atoms with van der Waals surface area (Å²) < 4.78 is 0. The van der Waals surface area contributed by atoms with Crippen molar-refractivity contribution in [2.24, 2.45) is 11.7 Å². The van der Waals surface area contributed by atoms with Crippen molar-refractivity contribution in [1.82, 2.24) is 4.90 Å². The minimum Gasteiger partial charge on any atom is -0.338 e. The van der Waals surface area contributed by atoms with Crippen molar-refractivity contribution in [3.63, 3.8) is 0 Å². The molecule has 0 aliphatic carbocycles. The molecule has 0 radical (unpaired) electrons. The Hall–Kier alpha value is -1.06. The Kier molecular flexibility index (Phi) is 5.45. The first-order chi connectivity index (χ1) is 8.10. The van der Waals surface area contributed by atoms with E-state index in [4.69, 9.17) is 17.3 Å². The highest BCUT2D eigenvalue weighted by Gasteiger charge is 2.18. The van der Waals surface area contributed by atoms with E-state index in [0.717, 1.165) is 5.56 Å². The lowest BCUT2D eigenvalue weighted by Crippen LogP contribution is -2.37. The van der Waals surface area contributed by atoms with Gasteiger partial charge in [0.15, 0.2) is 0 Å². The van der Waals surface area contributed by atoms with Gasteiger partial charge < -0.3 is 10.6 Å². The van der Waals surface area contributed by atoms with Crippen LogP contribution in [-0.4, -0.2) is 23.9 Å². The average molecular weight is 255 g/mol. The van der Waals surface area contributed by atoms with E-state index < -0.39 is 0 Å². The topological polar surface area (TPSA) is 46.3 Å². The van der Waals surface area contributed by atoms with Gasteiger partial charge in [0.05, 0.1) is 0 Å². The van der Waals surface area contributed by atoms with Crippen LogP contribution in [0.5, 0.6) is 0 Å². The van der Waals surface area contributed by atoms with Crippen molar-refractivity contribution in [1.29, 1.82) is 0 Å². The van der Waals surface area contributed by atoms with Gasteiger partial charge in [-0.05, 0) is 18.6 Å². The van der Waals surface area contributed by atoms with E-state index in [1.165, 1.54) is 0 Å². The van der Waals surface area contributed by atoms with Crippen LogP contribution in [0.3, 0.4) is 0 Å². The van der Waals surface area contributed by atoms with Gasteiger partial charge in [-0.25, -0.2) is 0 Å². The summed E-state index contributed by atoms with van der Waals surface area (Å²) in [5.74, 6) is -0.0626. The normalized spacial score (nSPS) is 12.2. The standard InChI is InChI=1S/C13H19ClN2O/c1-3-16(13(17)10(2)8-15)9-11-6-4-5-7-12(11)14/h4-7,10H,3,8-9,15H2,1-2H3. The molecule has 0 fully saturated rings. The maximum Gasteiger partial charge on any atom is 0.226 e. The van der Waals surface area contributed by atoms with Crippen LogP contribution in [-0.2, 0) is 11.3 Å². The highest BCUT2D eigenvalue weighted by molar-refractivity contribution is 6.31. The van der Waals surface area contributed by atoms with E-state index in [1.807, 2.05) is 38.1 Å². The van der Waals surface area contributed by atoms with E-state index in [-0.39, 0.29) is 11.8 Å².